The van der Waals surface area contributed by atoms with E-state index in [1.54, 1.807) is 12.1 Å². The minimum absolute atomic E-state index is 0.266. The van der Waals surface area contributed by atoms with Gasteiger partial charge >= 0.3 is 0 Å². The fourth-order valence-electron chi connectivity index (χ4n) is 1.65. The molecule has 0 bridgehead atoms. The first kappa shape index (κ1) is 14.5. The molecule has 1 unspecified atom stereocenters. The maximum Gasteiger partial charge on any atom is 0.165 e. The van der Waals surface area contributed by atoms with E-state index in [1.807, 2.05) is 0 Å². The van der Waals surface area contributed by atoms with E-state index >= 15 is 0 Å². The number of benzene rings is 1. The molecule has 1 atom stereocenters. The van der Waals surface area contributed by atoms with Crippen LogP contribution in [0.25, 0.3) is 0 Å². The van der Waals surface area contributed by atoms with Crippen LogP contribution in [0.5, 0.6) is 5.75 Å². The van der Waals surface area contributed by atoms with Crippen molar-refractivity contribution in [3.05, 3.63) is 29.6 Å². The van der Waals surface area contributed by atoms with Gasteiger partial charge in [-0.25, -0.2) is 4.39 Å². The van der Waals surface area contributed by atoms with Crippen LogP contribution in [-0.4, -0.2) is 13.2 Å². The normalized spacial score (nSPS) is 11.6. The summed E-state index contributed by atoms with van der Waals surface area (Å²) < 4.78 is 19.0. The smallest absolute Gasteiger partial charge is 0.165 e. The highest BCUT2D eigenvalue weighted by molar-refractivity contribution is 5.40. The van der Waals surface area contributed by atoms with Gasteiger partial charge in [0.15, 0.2) is 11.6 Å². The fourth-order valence-corrected chi connectivity index (χ4v) is 1.65. The lowest BCUT2D eigenvalue weighted by molar-refractivity contribution is 0.241. The zero-order chi connectivity index (χ0) is 13.4. The second-order valence-electron chi connectivity index (χ2n) is 4.36. The molecule has 0 heterocycles. The van der Waals surface area contributed by atoms with Crippen LogP contribution in [0, 0.1) is 23.6 Å². The van der Waals surface area contributed by atoms with Crippen LogP contribution < -0.4 is 10.5 Å². The molecule has 0 fully saturated rings. The Morgan fingerprint density at radius 2 is 2.22 bits per heavy atom. The van der Waals surface area contributed by atoms with E-state index in [2.05, 4.69) is 25.7 Å². The first-order chi connectivity index (χ1) is 8.67. The van der Waals surface area contributed by atoms with Gasteiger partial charge in [0.25, 0.3) is 0 Å². The van der Waals surface area contributed by atoms with Crippen molar-refractivity contribution in [1.29, 1.82) is 0 Å². The Morgan fingerprint density at radius 1 is 1.44 bits per heavy atom. The van der Waals surface area contributed by atoms with Crippen molar-refractivity contribution in [2.75, 3.05) is 13.2 Å². The van der Waals surface area contributed by atoms with Crippen molar-refractivity contribution in [2.24, 2.45) is 11.7 Å². The van der Waals surface area contributed by atoms with E-state index in [0.717, 1.165) is 18.4 Å². The molecule has 0 amide bonds. The van der Waals surface area contributed by atoms with Gasteiger partial charge < -0.3 is 10.5 Å². The van der Waals surface area contributed by atoms with Crippen molar-refractivity contribution in [1.82, 2.24) is 0 Å². The molecule has 3 heteroatoms. The zero-order valence-corrected chi connectivity index (χ0v) is 11.0. The van der Waals surface area contributed by atoms with Gasteiger partial charge in [-0.05, 0) is 30.5 Å². The lowest BCUT2D eigenvalue weighted by atomic mass is 10.1. The van der Waals surface area contributed by atoms with E-state index in [-0.39, 0.29) is 11.6 Å². The minimum Gasteiger partial charge on any atom is -0.490 e. The van der Waals surface area contributed by atoms with Gasteiger partial charge in [-0.2, -0.15) is 0 Å². The molecule has 0 radical (unpaired) electrons. The van der Waals surface area contributed by atoms with Crippen LogP contribution in [0.1, 0.15) is 32.3 Å². The Morgan fingerprint density at radius 3 is 2.89 bits per heavy atom. The van der Waals surface area contributed by atoms with E-state index in [1.165, 1.54) is 6.07 Å². The molecule has 98 valence electrons. The number of hydrogen-bond donors (Lipinski definition) is 1. The molecular formula is C15H20FNO. The molecule has 0 spiro atoms. The van der Waals surface area contributed by atoms with Crippen LogP contribution in [-0.2, 0) is 0 Å². The van der Waals surface area contributed by atoms with Gasteiger partial charge in [0.05, 0.1) is 13.2 Å². The SMILES string of the molecule is CCCC(C)COc1cc(C#CCN)ccc1F. The van der Waals surface area contributed by atoms with Gasteiger partial charge in [0.2, 0.25) is 0 Å². The van der Waals surface area contributed by atoms with E-state index in [9.17, 15) is 4.39 Å². The van der Waals surface area contributed by atoms with Crippen LogP contribution in [0.4, 0.5) is 4.39 Å². The Kier molecular flexibility index (Phi) is 6.24. The summed E-state index contributed by atoms with van der Waals surface area (Å²) in [6.45, 7) is 5.04. The Hall–Kier alpha value is -1.53. The quantitative estimate of drug-likeness (QED) is 0.814. The summed E-state index contributed by atoms with van der Waals surface area (Å²) in [5.74, 6) is 5.94. The summed E-state index contributed by atoms with van der Waals surface area (Å²) in [5, 5.41) is 0. The van der Waals surface area contributed by atoms with Crippen molar-refractivity contribution >= 4 is 0 Å². The maximum atomic E-state index is 13.5. The number of hydrogen-bond acceptors (Lipinski definition) is 2. The molecule has 0 aliphatic rings. The lowest BCUT2D eigenvalue weighted by Crippen LogP contribution is -2.09. The van der Waals surface area contributed by atoms with Gasteiger partial charge in [0, 0.05) is 5.56 Å². The molecule has 2 nitrogen and oxygen atoms in total. The van der Waals surface area contributed by atoms with Crippen molar-refractivity contribution < 1.29 is 9.13 Å². The topological polar surface area (TPSA) is 35.2 Å². The fraction of sp³-hybridized carbons (Fsp3) is 0.467. The Labute approximate surface area is 108 Å². The maximum absolute atomic E-state index is 13.5. The van der Waals surface area contributed by atoms with Gasteiger partial charge in [-0.3, -0.25) is 0 Å². The van der Waals surface area contributed by atoms with E-state index in [4.69, 9.17) is 10.5 Å². The Bertz CT molecular complexity index is 434. The largest absolute Gasteiger partial charge is 0.490 e. The standard InChI is InChI=1S/C15H20FNO/c1-3-5-12(2)11-18-15-10-13(6-4-9-17)7-8-14(15)16/h7-8,10,12H,3,5,9,11,17H2,1-2H3. The number of rotatable bonds is 5. The molecule has 18 heavy (non-hydrogen) atoms. The summed E-state index contributed by atoms with van der Waals surface area (Å²) in [4.78, 5) is 0. The van der Waals surface area contributed by atoms with Crippen LogP contribution in [0.3, 0.4) is 0 Å². The van der Waals surface area contributed by atoms with Crippen molar-refractivity contribution in [3.8, 4) is 17.6 Å². The first-order valence-corrected chi connectivity index (χ1v) is 6.28. The predicted molar refractivity (Wildman–Crippen MR) is 71.9 cm³/mol. The molecule has 1 aromatic carbocycles. The third-order valence-electron chi connectivity index (χ3n) is 2.57. The molecule has 2 N–H and O–H groups in total. The van der Waals surface area contributed by atoms with Gasteiger partial charge in [-0.1, -0.05) is 32.1 Å². The molecule has 1 rings (SSSR count). The molecule has 1 aromatic rings. The predicted octanol–water partition coefficient (Wildman–Crippen LogP) is 2.95. The molecule has 0 saturated carbocycles. The summed E-state index contributed by atoms with van der Waals surface area (Å²) in [5.41, 5.74) is 6.02. The second kappa shape index (κ2) is 7.73. The van der Waals surface area contributed by atoms with Crippen molar-refractivity contribution in [2.45, 2.75) is 26.7 Å². The summed E-state index contributed by atoms with van der Waals surface area (Å²) >= 11 is 0. The van der Waals surface area contributed by atoms with E-state index < -0.39 is 0 Å². The van der Waals surface area contributed by atoms with Gasteiger partial charge in [0.1, 0.15) is 0 Å². The Balaban J connectivity index is 2.69. The summed E-state index contributed by atoms with van der Waals surface area (Å²) in [7, 11) is 0. The number of nitrogens with two attached hydrogens (primary N) is 1. The van der Waals surface area contributed by atoms with E-state index in [0.29, 0.717) is 19.1 Å². The zero-order valence-electron chi connectivity index (χ0n) is 11.0. The summed E-state index contributed by atoms with van der Waals surface area (Å²) in [6, 6.07) is 4.62. The monoisotopic (exact) mass is 249 g/mol. The third-order valence-corrected chi connectivity index (χ3v) is 2.57. The van der Waals surface area contributed by atoms with Crippen LogP contribution in [0.2, 0.25) is 0 Å². The average Bonchev–Trinajstić information content (AvgIpc) is 2.36. The third kappa shape index (κ3) is 4.77. The molecule has 0 aliphatic carbocycles. The minimum atomic E-state index is -0.350. The number of ether oxygens (including phenoxy) is 1. The average molecular weight is 249 g/mol. The van der Waals surface area contributed by atoms with Gasteiger partial charge in [-0.15, -0.1) is 0 Å². The first-order valence-electron chi connectivity index (χ1n) is 6.28. The highest BCUT2D eigenvalue weighted by Gasteiger charge is 2.07. The lowest BCUT2D eigenvalue weighted by Gasteiger charge is -2.12. The highest BCUT2D eigenvalue weighted by Crippen LogP contribution is 2.19. The molecule has 0 saturated heterocycles. The summed E-state index contributed by atoms with van der Waals surface area (Å²) in [6.07, 6.45) is 2.18. The van der Waals surface area contributed by atoms with Crippen LogP contribution in [0.15, 0.2) is 18.2 Å². The molecular weight excluding hydrogens is 229 g/mol. The second-order valence-corrected chi connectivity index (χ2v) is 4.36. The van der Waals surface area contributed by atoms with Crippen molar-refractivity contribution in [3.63, 3.8) is 0 Å². The molecule has 0 aliphatic heterocycles. The van der Waals surface area contributed by atoms with Crippen LogP contribution >= 0.6 is 0 Å². The highest BCUT2D eigenvalue weighted by atomic mass is 19.1. The number of halogens is 1. The molecule has 0 aromatic heterocycles.